The van der Waals surface area contributed by atoms with Crippen molar-refractivity contribution in [3.8, 4) is 0 Å². The van der Waals surface area contributed by atoms with E-state index in [1.54, 1.807) is 19.2 Å². The summed E-state index contributed by atoms with van der Waals surface area (Å²) in [5, 5.41) is 0.974. The van der Waals surface area contributed by atoms with E-state index in [0.717, 1.165) is 5.01 Å². The molecule has 2 aromatic rings. The van der Waals surface area contributed by atoms with Crippen LogP contribution in [0.1, 0.15) is 10.4 Å². The third kappa shape index (κ3) is 1.49. The maximum atomic E-state index is 11.6. The second-order valence-electron chi connectivity index (χ2n) is 3.53. The van der Waals surface area contributed by atoms with Gasteiger partial charge < -0.3 is 4.42 Å². The lowest BCUT2D eigenvalue weighted by molar-refractivity contribution is 0.0795. The number of carbonyl (C=O) groups is 1. The first-order chi connectivity index (χ1) is 7.50. The van der Waals surface area contributed by atoms with Crippen molar-refractivity contribution >= 4 is 17.0 Å². The number of nitrogens with two attached hydrogens (primary N) is 1. The highest BCUT2D eigenvalue weighted by Gasteiger charge is 2.12. The molecule has 0 saturated carbocycles. The van der Waals surface area contributed by atoms with Crippen molar-refractivity contribution in [2.45, 2.75) is 0 Å². The molecule has 0 atom stereocenters. The van der Waals surface area contributed by atoms with E-state index in [-0.39, 0.29) is 5.91 Å². The largest absolute Gasteiger partial charge is 0.419 e. The number of amides is 1. The molecule has 84 valence electrons. The molecule has 6 heteroatoms. The van der Waals surface area contributed by atoms with Crippen molar-refractivity contribution in [3.63, 3.8) is 0 Å². The molecule has 1 aromatic heterocycles. The SMILES string of the molecule is CN(N)C(=O)c1ccc2c(c1)oc(=O)n2C. The molecule has 2 rings (SSSR count). The monoisotopic (exact) mass is 221 g/mol. The number of rotatable bonds is 1. The van der Waals surface area contributed by atoms with Crippen LogP contribution in [0.15, 0.2) is 27.4 Å². The second kappa shape index (κ2) is 3.49. The Morgan fingerprint density at radius 3 is 2.81 bits per heavy atom. The van der Waals surface area contributed by atoms with E-state index in [1.165, 1.54) is 17.7 Å². The Kier molecular flexibility index (Phi) is 2.28. The molecule has 0 aliphatic carbocycles. The summed E-state index contributed by atoms with van der Waals surface area (Å²) in [7, 11) is 3.05. The summed E-state index contributed by atoms with van der Waals surface area (Å²) in [6.45, 7) is 0. The van der Waals surface area contributed by atoms with Crippen LogP contribution in [0.2, 0.25) is 0 Å². The molecule has 1 aromatic carbocycles. The van der Waals surface area contributed by atoms with Crippen molar-refractivity contribution in [1.29, 1.82) is 0 Å². The van der Waals surface area contributed by atoms with Gasteiger partial charge in [0.05, 0.1) is 5.52 Å². The molecule has 0 radical (unpaired) electrons. The minimum atomic E-state index is -0.458. The van der Waals surface area contributed by atoms with E-state index in [4.69, 9.17) is 10.3 Å². The average molecular weight is 221 g/mol. The number of oxazole rings is 1. The first-order valence-electron chi connectivity index (χ1n) is 4.63. The zero-order chi connectivity index (χ0) is 11.9. The Morgan fingerprint density at radius 2 is 2.19 bits per heavy atom. The van der Waals surface area contributed by atoms with Crippen LogP contribution in [-0.2, 0) is 7.05 Å². The number of benzene rings is 1. The first kappa shape index (κ1) is 10.4. The summed E-state index contributed by atoms with van der Waals surface area (Å²) >= 11 is 0. The zero-order valence-corrected chi connectivity index (χ0v) is 8.93. The number of carbonyl (C=O) groups excluding carboxylic acids is 1. The van der Waals surface area contributed by atoms with Crippen molar-refractivity contribution < 1.29 is 9.21 Å². The molecule has 1 heterocycles. The lowest BCUT2D eigenvalue weighted by Crippen LogP contribution is -2.32. The van der Waals surface area contributed by atoms with Crippen LogP contribution in [0.4, 0.5) is 0 Å². The normalized spacial score (nSPS) is 10.7. The van der Waals surface area contributed by atoms with Gasteiger partial charge in [-0.1, -0.05) is 0 Å². The number of fused-ring (bicyclic) bond motifs is 1. The van der Waals surface area contributed by atoms with E-state index in [9.17, 15) is 9.59 Å². The number of hydrogen-bond acceptors (Lipinski definition) is 4. The van der Waals surface area contributed by atoms with Gasteiger partial charge in [-0.2, -0.15) is 0 Å². The van der Waals surface area contributed by atoms with Crippen LogP contribution in [-0.4, -0.2) is 22.5 Å². The van der Waals surface area contributed by atoms with Gasteiger partial charge in [-0.25, -0.2) is 10.6 Å². The topological polar surface area (TPSA) is 81.5 Å². The van der Waals surface area contributed by atoms with Crippen LogP contribution < -0.4 is 11.6 Å². The van der Waals surface area contributed by atoms with Gasteiger partial charge in [0.2, 0.25) is 0 Å². The standard InChI is InChI=1S/C10H11N3O3/c1-12-7-4-3-6(9(14)13(2)11)5-8(7)16-10(12)15/h3-5H,11H2,1-2H3. The Morgan fingerprint density at radius 1 is 1.50 bits per heavy atom. The summed E-state index contributed by atoms with van der Waals surface area (Å²) in [4.78, 5) is 22.8. The summed E-state index contributed by atoms with van der Waals surface area (Å²) < 4.78 is 6.34. The zero-order valence-electron chi connectivity index (χ0n) is 8.93. The van der Waals surface area contributed by atoms with Crippen molar-refractivity contribution in [2.24, 2.45) is 12.9 Å². The summed E-state index contributed by atoms with van der Waals surface area (Å²) in [6, 6.07) is 4.75. The smallest absolute Gasteiger partial charge is 0.408 e. The van der Waals surface area contributed by atoms with Crippen LogP contribution in [0, 0.1) is 0 Å². The van der Waals surface area contributed by atoms with Gasteiger partial charge in [-0.05, 0) is 18.2 Å². The third-order valence-electron chi connectivity index (χ3n) is 2.36. The number of aromatic nitrogens is 1. The van der Waals surface area contributed by atoms with Crippen molar-refractivity contribution in [1.82, 2.24) is 9.58 Å². The lowest BCUT2D eigenvalue weighted by Gasteiger charge is -2.09. The highest BCUT2D eigenvalue weighted by atomic mass is 16.4. The van der Waals surface area contributed by atoms with Gasteiger partial charge in [0, 0.05) is 19.7 Å². The summed E-state index contributed by atoms with van der Waals surface area (Å²) in [6.07, 6.45) is 0. The average Bonchev–Trinajstić information content (AvgIpc) is 2.53. The lowest BCUT2D eigenvalue weighted by atomic mass is 10.2. The maximum absolute atomic E-state index is 11.6. The van der Waals surface area contributed by atoms with Gasteiger partial charge in [-0.3, -0.25) is 14.4 Å². The van der Waals surface area contributed by atoms with E-state index < -0.39 is 5.76 Å². The molecule has 16 heavy (non-hydrogen) atoms. The van der Waals surface area contributed by atoms with Gasteiger partial charge in [-0.15, -0.1) is 0 Å². The Hall–Kier alpha value is -2.08. The minimum absolute atomic E-state index is 0.339. The van der Waals surface area contributed by atoms with E-state index in [1.807, 2.05) is 0 Å². The summed E-state index contributed by atoms with van der Waals surface area (Å²) in [5.74, 6) is 4.54. The minimum Gasteiger partial charge on any atom is -0.408 e. The van der Waals surface area contributed by atoms with Gasteiger partial charge >= 0.3 is 5.76 Å². The number of aryl methyl sites for hydroxylation is 1. The maximum Gasteiger partial charge on any atom is 0.419 e. The first-order valence-corrected chi connectivity index (χ1v) is 4.63. The molecule has 0 bridgehead atoms. The van der Waals surface area contributed by atoms with Gasteiger partial charge in [0.25, 0.3) is 5.91 Å². The Labute approximate surface area is 90.8 Å². The number of nitrogens with zero attached hydrogens (tertiary/aromatic N) is 2. The Balaban J connectivity index is 2.61. The fourth-order valence-electron chi connectivity index (χ4n) is 1.47. The molecule has 0 fully saturated rings. The molecule has 0 spiro atoms. The molecule has 1 amide bonds. The van der Waals surface area contributed by atoms with Crippen molar-refractivity contribution in [3.05, 3.63) is 34.3 Å². The van der Waals surface area contributed by atoms with E-state index in [0.29, 0.717) is 16.7 Å². The molecule has 0 aliphatic rings. The van der Waals surface area contributed by atoms with Gasteiger partial charge in [0.1, 0.15) is 0 Å². The third-order valence-corrected chi connectivity index (χ3v) is 2.36. The van der Waals surface area contributed by atoms with Crippen LogP contribution in [0.5, 0.6) is 0 Å². The van der Waals surface area contributed by atoms with Crippen LogP contribution >= 0.6 is 0 Å². The fraction of sp³-hybridized carbons (Fsp3) is 0.200. The molecule has 6 nitrogen and oxygen atoms in total. The van der Waals surface area contributed by atoms with Gasteiger partial charge in [0.15, 0.2) is 5.58 Å². The van der Waals surface area contributed by atoms with E-state index in [2.05, 4.69) is 0 Å². The molecule has 0 unspecified atom stereocenters. The molecular weight excluding hydrogens is 210 g/mol. The fourth-order valence-corrected chi connectivity index (χ4v) is 1.47. The summed E-state index contributed by atoms with van der Waals surface area (Å²) in [5.41, 5.74) is 1.40. The van der Waals surface area contributed by atoms with Crippen molar-refractivity contribution in [2.75, 3.05) is 7.05 Å². The molecule has 0 saturated heterocycles. The molecular formula is C10H11N3O3. The molecule has 2 N–H and O–H groups in total. The van der Waals surface area contributed by atoms with Crippen LogP contribution in [0.3, 0.4) is 0 Å². The number of hydrogen-bond donors (Lipinski definition) is 1. The second-order valence-corrected chi connectivity index (χ2v) is 3.53. The predicted molar refractivity (Wildman–Crippen MR) is 57.7 cm³/mol. The predicted octanol–water partition coefficient (Wildman–Crippen LogP) is 0.0772. The van der Waals surface area contributed by atoms with E-state index >= 15 is 0 Å². The molecule has 0 aliphatic heterocycles. The highest BCUT2D eigenvalue weighted by molar-refractivity contribution is 5.96. The highest BCUT2D eigenvalue weighted by Crippen LogP contribution is 2.14. The Bertz CT molecular complexity index is 609. The quantitative estimate of drug-likeness (QED) is 0.420. The number of hydrazine groups is 1. The van der Waals surface area contributed by atoms with Crippen LogP contribution in [0.25, 0.3) is 11.1 Å².